The molecular weight excluding hydrogens is 340 g/mol. The van der Waals surface area contributed by atoms with Crippen LogP contribution in [0.1, 0.15) is 104 Å². The number of carbonyl (C=O) groups excluding carboxylic acids is 3. The van der Waals surface area contributed by atoms with Crippen LogP contribution in [0.25, 0.3) is 0 Å². The van der Waals surface area contributed by atoms with E-state index < -0.39 is 0 Å². The van der Waals surface area contributed by atoms with Crippen molar-refractivity contribution in [2.45, 2.75) is 104 Å². The Morgan fingerprint density at radius 3 is 2.11 bits per heavy atom. The van der Waals surface area contributed by atoms with Crippen LogP contribution >= 0.6 is 0 Å². The van der Waals surface area contributed by atoms with Gasteiger partial charge >= 0.3 is 5.97 Å². The summed E-state index contributed by atoms with van der Waals surface area (Å²) in [5.41, 5.74) is 0. The molecule has 0 radical (unpaired) electrons. The fraction of sp³-hybridized carbons (Fsp3) is 0.783. The van der Waals surface area contributed by atoms with E-state index in [2.05, 4.69) is 19.1 Å². The summed E-state index contributed by atoms with van der Waals surface area (Å²) in [6.45, 7) is 3.89. The summed E-state index contributed by atoms with van der Waals surface area (Å²) >= 11 is 0. The topological polar surface area (TPSA) is 60.4 Å². The van der Waals surface area contributed by atoms with Crippen LogP contribution in [-0.2, 0) is 19.1 Å². The molecule has 0 amide bonds. The first-order valence-corrected chi connectivity index (χ1v) is 10.9. The Morgan fingerprint density at radius 1 is 0.889 bits per heavy atom. The van der Waals surface area contributed by atoms with E-state index in [1.807, 2.05) is 0 Å². The maximum atomic E-state index is 11.8. The maximum absolute atomic E-state index is 11.8. The van der Waals surface area contributed by atoms with Crippen LogP contribution in [0.3, 0.4) is 0 Å². The van der Waals surface area contributed by atoms with Gasteiger partial charge < -0.3 is 9.53 Å². The lowest BCUT2D eigenvalue weighted by Crippen LogP contribution is -2.08. The number of carbonyl (C=O) groups is 3. The molecule has 0 heterocycles. The van der Waals surface area contributed by atoms with Gasteiger partial charge in [-0.1, -0.05) is 57.6 Å². The molecule has 27 heavy (non-hydrogen) atoms. The zero-order valence-electron chi connectivity index (χ0n) is 17.5. The van der Waals surface area contributed by atoms with Crippen LogP contribution in [0.4, 0.5) is 0 Å². The van der Waals surface area contributed by atoms with Crippen molar-refractivity contribution in [3.63, 3.8) is 0 Å². The molecule has 0 fully saturated rings. The van der Waals surface area contributed by atoms with E-state index >= 15 is 0 Å². The number of hydrogen-bond acceptors (Lipinski definition) is 4. The summed E-state index contributed by atoms with van der Waals surface area (Å²) in [6, 6.07) is 0. The molecule has 156 valence electrons. The molecule has 0 aliphatic heterocycles. The van der Waals surface area contributed by atoms with E-state index in [-0.39, 0.29) is 11.9 Å². The zero-order chi connectivity index (χ0) is 20.2. The van der Waals surface area contributed by atoms with Gasteiger partial charge in [0, 0.05) is 25.7 Å². The minimum atomic E-state index is -0.302. The molecule has 0 aliphatic carbocycles. The Hall–Kier alpha value is -1.45. The van der Waals surface area contributed by atoms with Crippen molar-refractivity contribution in [1.29, 1.82) is 0 Å². The molecule has 4 nitrogen and oxygen atoms in total. The van der Waals surface area contributed by atoms with E-state index in [1.54, 1.807) is 0 Å². The summed E-state index contributed by atoms with van der Waals surface area (Å²) in [5, 5.41) is 0. The van der Waals surface area contributed by atoms with Crippen molar-refractivity contribution >= 4 is 18.0 Å². The fourth-order valence-electron chi connectivity index (χ4n) is 2.97. The van der Waals surface area contributed by atoms with E-state index in [0.29, 0.717) is 25.2 Å². The number of hydrogen-bond donors (Lipinski definition) is 0. The fourth-order valence-corrected chi connectivity index (χ4v) is 2.97. The van der Waals surface area contributed by atoms with Gasteiger partial charge in [-0.3, -0.25) is 9.59 Å². The molecule has 1 atom stereocenters. The molecule has 0 unspecified atom stereocenters. The van der Waals surface area contributed by atoms with Crippen molar-refractivity contribution in [1.82, 2.24) is 0 Å². The first kappa shape index (κ1) is 25.6. The highest BCUT2D eigenvalue weighted by atomic mass is 16.5. The molecule has 0 spiro atoms. The van der Waals surface area contributed by atoms with Gasteiger partial charge in [-0.15, -0.1) is 0 Å². The van der Waals surface area contributed by atoms with Crippen molar-refractivity contribution in [3.8, 4) is 0 Å². The van der Waals surface area contributed by atoms with Gasteiger partial charge in [-0.25, -0.2) is 0 Å². The number of esters is 1. The Kier molecular flexibility index (Phi) is 18.3. The smallest absolute Gasteiger partial charge is 0.302 e. The molecule has 0 bridgehead atoms. The second kappa shape index (κ2) is 19.3. The second-order valence-corrected chi connectivity index (χ2v) is 7.39. The Morgan fingerprint density at radius 2 is 1.52 bits per heavy atom. The van der Waals surface area contributed by atoms with Crippen LogP contribution < -0.4 is 0 Å². The zero-order valence-corrected chi connectivity index (χ0v) is 17.5. The third kappa shape index (κ3) is 19.1. The molecular formula is C23H40O4. The highest BCUT2D eigenvalue weighted by Crippen LogP contribution is 2.11. The summed E-state index contributed by atoms with van der Waals surface area (Å²) in [5.74, 6) is 0.0532. The minimum Gasteiger partial charge on any atom is -0.466 e. The predicted molar refractivity (Wildman–Crippen MR) is 111 cm³/mol. The van der Waals surface area contributed by atoms with E-state index in [1.165, 1.54) is 32.6 Å². The molecule has 4 heteroatoms. The molecule has 0 rings (SSSR count). The molecule has 0 aliphatic rings. The van der Waals surface area contributed by atoms with E-state index in [4.69, 9.17) is 4.74 Å². The summed E-state index contributed by atoms with van der Waals surface area (Å²) in [7, 11) is 0. The lowest BCUT2D eigenvalue weighted by atomic mass is 10.0. The van der Waals surface area contributed by atoms with Crippen molar-refractivity contribution in [2.75, 3.05) is 6.61 Å². The predicted octanol–water partition coefficient (Wildman–Crippen LogP) is 5.97. The summed E-state index contributed by atoms with van der Waals surface area (Å²) in [6.07, 6.45) is 19.4. The van der Waals surface area contributed by atoms with Crippen LogP contribution in [0.15, 0.2) is 12.2 Å². The van der Waals surface area contributed by atoms with Gasteiger partial charge in [0.1, 0.15) is 12.1 Å². The number of ether oxygens (including phenoxy) is 1. The van der Waals surface area contributed by atoms with Gasteiger partial charge in [-0.05, 0) is 38.5 Å². The van der Waals surface area contributed by atoms with Gasteiger partial charge in [0.05, 0.1) is 6.61 Å². The van der Waals surface area contributed by atoms with Gasteiger partial charge in [0.25, 0.3) is 0 Å². The third-order valence-electron chi connectivity index (χ3n) is 4.73. The maximum Gasteiger partial charge on any atom is 0.302 e. The number of aldehydes is 1. The van der Waals surface area contributed by atoms with Crippen molar-refractivity contribution in [2.24, 2.45) is 5.92 Å². The molecule has 0 aromatic heterocycles. The van der Waals surface area contributed by atoms with Crippen LogP contribution in [0.5, 0.6) is 0 Å². The number of unbranched alkanes of at least 4 members (excludes halogenated alkanes) is 8. The van der Waals surface area contributed by atoms with E-state index in [0.717, 1.165) is 57.7 Å². The van der Waals surface area contributed by atoms with Gasteiger partial charge in [-0.2, -0.15) is 0 Å². The lowest BCUT2D eigenvalue weighted by Gasteiger charge is -2.07. The molecule has 0 saturated heterocycles. The van der Waals surface area contributed by atoms with Crippen LogP contribution in [-0.4, -0.2) is 24.6 Å². The highest BCUT2D eigenvalue weighted by Gasteiger charge is 2.06. The largest absolute Gasteiger partial charge is 0.466 e. The van der Waals surface area contributed by atoms with Gasteiger partial charge in [0.2, 0.25) is 0 Å². The summed E-state index contributed by atoms with van der Waals surface area (Å²) < 4.78 is 4.86. The lowest BCUT2D eigenvalue weighted by molar-refractivity contribution is -0.141. The quantitative estimate of drug-likeness (QED) is 0.120. The standard InChI is InChI=1S/C23H40O4/c1-3-4-5-9-13-16-23(26)17-14-11-8-6-7-10-12-15-22(20-24)18-19-27-21(2)25/h10,12,20,22H,3-9,11,13-19H2,1-2H3/b12-10+/t22-/m0/s1. The minimum absolute atomic E-state index is 0.0754. The summed E-state index contributed by atoms with van der Waals surface area (Å²) in [4.78, 5) is 33.5. The average molecular weight is 381 g/mol. The molecule has 0 aromatic carbocycles. The van der Waals surface area contributed by atoms with Crippen LogP contribution in [0, 0.1) is 5.92 Å². The van der Waals surface area contributed by atoms with Crippen molar-refractivity contribution in [3.05, 3.63) is 12.2 Å². The monoisotopic (exact) mass is 380 g/mol. The van der Waals surface area contributed by atoms with Crippen LogP contribution in [0.2, 0.25) is 0 Å². The third-order valence-corrected chi connectivity index (χ3v) is 4.73. The Labute approximate surface area is 166 Å². The van der Waals surface area contributed by atoms with Gasteiger partial charge in [0.15, 0.2) is 0 Å². The number of ketones is 1. The first-order chi connectivity index (χ1) is 13.1. The normalized spacial score (nSPS) is 12.2. The van der Waals surface area contributed by atoms with Crippen molar-refractivity contribution < 1.29 is 19.1 Å². The second-order valence-electron chi connectivity index (χ2n) is 7.39. The number of rotatable bonds is 19. The first-order valence-electron chi connectivity index (χ1n) is 10.9. The number of Topliss-reactive ketones (excluding diaryl/α,β-unsaturated/α-hetero) is 1. The molecule has 0 saturated carbocycles. The number of allylic oxidation sites excluding steroid dienone is 2. The molecule has 0 aromatic rings. The molecule has 0 N–H and O–H groups in total. The SMILES string of the molecule is CCCCCCCC(=O)CCCCCC/C=C/C[C@H](C=O)CCOC(C)=O. The highest BCUT2D eigenvalue weighted by molar-refractivity contribution is 5.78. The Bertz CT molecular complexity index is 415. The Balaban J connectivity index is 3.48. The van der Waals surface area contributed by atoms with E-state index in [9.17, 15) is 14.4 Å². The average Bonchev–Trinajstić information content (AvgIpc) is 2.64.